The molecule has 1 amide bonds. The number of nitrogens with one attached hydrogen (secondary N) is 1. The van der Waals surface area contributed by atoms with E-state index in [0.717, 1.165) is 6.42 Å². The van der Waals surface area contributed by atoms with Gasteiger partial charge in [0.25, 0.3) is 0 Å². The Balaban J connectivity index is 2.22. The third kappa shape index (κ3) is 5.46. The maximum absolute atomic E-state index is 11.6. The number of nitrogens with two attached hydrogens (primary N) is 1. The highest BCUT2D eigenvalue weighted by atomic mass is 16.2. The number of carbonyl (C=O) groups excluding carboxylic acids is 1. The van der Waals surface area contributed by atoms with Gasteiger partial charge in [-0.2, -0.15) is 5.26 Å². The number of aryl methyl sites for hydroxylation is 1. The highest BCUT2D eigenvalue weighted by molar-refractivity contribution is 5.81. The molecule has 0 radical (unpaired) electrons. The fraction of sp³-hybridized carbons (Fsp3) is 0.429. The van der Waals surface area contributed by atoms with Crippen LogP contribution in [0.5, 0.6) is 0 Å². The van der Waals surface area contributed by atoms with Crippen LogP contribution in [-0.2, 0) is 11.2 Å². The van der Waals surface area contributed by atoms with E-state index >= 15 is 0 Å². The Morgan fingerprint density at radius 1 is 1.39 bits per heavy atom. The van der Waals surface area contributed by atoms with Gasteiger partial charge in [0.15, 0.2) is 0 Å². The smallest absolute Gasteiger partial charge is 0.236 e. The minimum Gasteiger partial charge on any atom is -0.355 e. The second kappa shape index (κ2) is 8.26. The van der Waals surface area contributed by atoms with Crippen molar-refractivity contribution in [2.75, 3.05) is 6.54 Å². The van der Waals surface area contributed by atoms with E-state index in [1.807, 2.05) is 36.4 Å². The first-order chi connectivity index (χ1) is 8.74. The van der Waals surface area contributed by atoms with Crippen molar-refractivity contribution in [2.45, 2.75) is 31.7 Å². The van der Waals surface area contributed by atoms with Crippen molar-refractivity contribution in [3.63, 3.8) is 0 Å². The monoisotopic (exact) mass is 245 g/mol. The van der Waals surface area contributed by atoms with Gasteiger partial charge in [-0.25, -0.2) is 0 Å². The third-order valence-electron chi connectivity index (χ3n) is 2.69. The average molecular weight is 245 g/mol. The molecule has 0 aromatic heterocycles. The predicted molar refractivity (Wildman–Crippen MR) is 70.6 cm³/mol. The van der Waals surface area contributed by atoms with Gasteiger partial charge >= 0.3 is 0 Å². The van der Waals surface area contributed by atoms with E-state index in [-0.39, 0.29) is 5.91 Å². The van der Waals surface area contributed by atoms with Gasteiger partial charge in [0.05, 0.1) is 12.1 Å². The predicted octanol–water partition coefficient (Wildman–Crippen LogP) is 1.37. The molecule has 0 aliphatic carbocycles. The van der Waals surface area contributed by atoms with E-state index < -0.39 is 6.04 Å². The average Bonchev–Trinajstić information content (AvgIpc) is 2.42. The molecular formula is C14H19N3O. The fourth-order valence-corrected chi connectivity index (χ4v) is 1.61. The summed E-state index contributed by atoms with van der Waals surface area (Å²) in [7, 11) is 0. The van der Waals surface area contributed by atoms with Gasteiger partial charge in [0.1, 0.15) is 0 Å². The molecule has 96 valence electrons. The normalized spacial score (nSPS) is 11.6. The van der Waals surface area contributed by atoms with Crippen molar-refractivity contribution >= 4 is 5.91 Å². The zero-order valence-corrected chi connectivity index (χ0v) is 10.4. The minimum atomic E-state index is -0.479. The number of nitriles is 1. The number of benzene rings is 1. The van der Waals surface area contributed by atoms with Crippen molar-refractivity contribution in [1.82, 2.24) is 5.32 Å². The number of carbonyl (C=O) groups is 1. The molecule has 18 heavy (non-hydrogen) atoms. The Labute approximate surface area is 108 Å². The Kier molecular flexibility index (Phi) is 6.52. The lowest BCUT2D eigenvalue weighted by Crippen LogP contribution is -2.41. The molecule has 1 atom stereocenters. The van der Waals surface area contributed by atoms with Crippen LogP contribution in [0.1, 0.15) is 24.8 Å². The van der Waals surface area contributed by atoms with Crippen LogP contribution in [0.4, 0.5) is 0 Å². The van der Waals surface area contributed by atoms with Crippen LogP contribution in [0.2, 0.25) is 0 Å². The molecule has 0 aliphatic heterocycles. The molecule has 3 N–H and O–H groups in total. The summed E-state index contributed by atoms with van der Waals surface area (Å²) in [5.41, 5.74) is 6.99. The number of amides is 1. The summed E-state index contributed by atoms with van der Waals surface area (Å²) in [4.78, 5) is 11.6. The number of nitrogens with zero attached hydrogens (tertiary/aromatic N) is 1. The molecule has 1 rings (SSSR count). The van der Waals surface area contributed by atoms with Crippen molar-refractivity contribution < 1.29 is 4.79 Å². The number of hydrogen-bond donors (Lipinski definition) is 2. The summed E-state index contributed by atoms with van der Waals surface area (Å²) in [6, 6.07) is 11.5. The Bertz CT molecular complexity index is 397. The second-order valence-corrected chi connectivity index (χ2v) is 4.18. The Morgan fingerprint density at radius 3 is 2.78 bits per heavy atom. The SMILES string of the molecule is N#CCCCNC(=O)C(N)CCc1ccccc1. The lowest BCUT2D eigenvalue weighted by Gasteiger charge is -2.11. The summed E-state index contributed by atoms with van der Waals surface area (Å²) in [6.07, 6.45) is 2.56. The van der Waals surface area contributed by atoms with Crippen molar-refractivity contribution in [3.05, 3.63) is 35.9 Å². The molecule has 4 nitrogen and oxygen atoms in total. The molecule has 4 heteroatoms. The first-order valence-corrected chi connectivity index (χ1v) is 6.18. The van der Waals surface area contributed by atoms with Gasteiger partial charge < -0.3 is 11.1 Å². The van der Waals surface area contributed by atoms with Crippen molar-refractivity contribution in [2.24, 2.45) is 5.73 Å². The molecule has 0 saturated heterocycles. The van der Waals surface area contributed by atoms with Crippen LogP contribution in [-0.4, -0.2) is 18.5 Å². The van der Waals surface area contributed by atoms with E-state index in [0.29, 0.717) is 25.8 Å². The summed E-state index contributed by atoms with van der Waals surface area (Å²) in [5.74, 6) is -0.135. The summed E-state index contributed by atoms with van der Waals surface area (Å²) >= 11 is 0. The number of unbranched alkanes of at least 4 members (excludes halogenated alkanes) is 1. The Morgan fingerprint density at radius 2 is 2.11 bits per heavy atom. The van der Waals surface area contributed by atoms with Crippen LogP contribution >= 0.6 is 0 Å². The molecule has 0 saturated carbocycles. The first-order valence-electron chi connectivity index (χ1n) is 6.18. The summed E-state index contributed by atoms with van der Waals surface area (Å²) < 4.78 is 0. The quantitative estimate of drug-likeness (QED) is 0.712. The van der Waals surface area contributed by atoms with Gasteiger partial charge in [0, 0.05) is 13.0 Å². The van der Waals surface area contributed by atoms with Crippen LogP contribution in [0.25, 0.3) is 0 Å². The number of hydrogen-bond acceptors (Lipinski definition) is 3. The largest absolute Gasteiger partial charge is 0.355 e. The molecule has 0 spiro atoms. The molecule has 0 fully saturated rings. The van der Waals surface area contributed by atoms with E-state index in [9.17, 15) is 4.79 Å². The second-order valence-electron chi connectivity index (χ2n) is 4.18. The zero-order valence-electron chi connectivity index (χ0n) is 10.4. The maximum Gasteiger partial charge on any atom is 0.236 e. The van der Waals surface area contributed by atoms with Gasteiger partial charge in [-0.05, 0) is 24.8 Å². The first kappa shape index (κ1) is 14.2. The van der Waals surface area contributed by atoms with Crippen LogP contribution in [0, 0.1) is 11.3 Å². The van der Waals surface area contributed by atoms with Gasteiger partial charge in [-0.1, -0.05) is 30.3 Å². The van der Waals surface area contributed by atoms with Crippen molar-refractivity contribution in [3.8, 4) is 6.07 Å². The maximum atomic E-state index is 11.6. The highest BCUT2D eigenvalue weighted by Gasteiger charge is 2.12. The fourth-order valence-electron chi connectivity index (χ4n) is 1.61. The van der Waals surface area contributed by atoms with E-state index in [1.165, 1.54) is 5.56 Å². The lowest BCUT2D eigenvalue weighted by atomic mass is 10.1. The summed E-state index contributed by atoms with van der Waals surface area (Å²) in [6.45, 7) is 0.519. The van der Waals surface area contributed by atoms with Crippen LogP contribution in [0.15, 0.2) is 30.3 Å². The molecule has 0 bridgehead atoms. The van der Waals surface area contributed by atoms with E-state index in [4.69, 9.17) is 11.0 Å². The van der Waals surface area contributed by atoms with Crippen LogP contribution in [0.3, 0.4) is 0 Å². The van der Waals surface area contributed by atoms with Crippen LogP contribution < -0.4 is 11.1 Å². The Hall–Kier alpha value is -1.86. The number of rotatable bonds is 7. The molecular weight excluding hydrogens is 226 g/mol. The molecule has 0 aliphatic rings. The zero-order chi connectivity index (χ0) is 13.2. The van der Waals surface area contributed by atoms with Gasteiger partial charge in [-0.3, -0.25) is 4.79 Å². The highest BCUT2D eigenvalue weighted by Crippen LogP contribution is 2.04. The molecule has 1 aromatic carbocycles. The standard InChI is InChI=1S/C14H19N3O/c15-10-4-5-11-17-14(18)13(16)9-8-12-6-2-1-3-7-12/h1-3,6-7,13H,4-5,8-9,11,16H2,(H,17,18). The van der Waals surface area contributed by atoms with E-state index in [1.54, 1.807) is 0 Å². The van der Waals surface area contributed by atoms with Crippen molar-refractivity contribution in [1.29, 1.82) is 5.26 Å². The van der Waals surface area contributed by atoms with Gasteiger partial charge in [0.2, 0.25) is 5.91 Å². The van der Waals surface area contributed by atoms with E-state index in [2.05, 4.69) is 5.32 Å². The molecule has 1 aromatic rings. The molecule has 0 heterocycles. The third-order valence-corrected chi connectivity index (χ3v) is 2.69. The lowest BCUT2D eigenvalue weighted by molar-refractivity contribution is -0.122. The molecule has 1 unspecified atom stereocenters. The summed E-state index contributed by atoms with van der Waals surface area (Å²) in [5, 5.41) is 11.1. The van der Waals surface area contributed by atoms with Gasteiger partial charge in [-0.15, -0.1) is 0 Å². The topological polar surface area (TPSA) is 78.9 Å². The minimum absolute atomic E-state index is 0.135.